The maximum absolute atomic E-state index is 13.2. The van der Waals surface area contributed by atoms with Gasteiger partial charge in [-0.3, -0.25) is 14.5 Å². The van der Waals surface area contributed by atoms with E-state index in [4.69, 9.17) is 5.26 Å². The molecule has 1 atom stereocenters. The van der Waals surface area contributed by atoms with Crippen LogP contribution in [0.1, 0.15) is 18.1 Å². The van der Waals surface area contributed by atoms with Gasteiger partial charge in [0.1, 0.15) is 12.1 Å². The smallest absolute Gasteiger partial charge is 0.324 e. The zero-order valence-electron chi connectivity index (χ0n) is 14.6. The summed E-state index contributed by atoms with van der Waals surface area (Å²) in [6.45, 7) is 0.886. The molecule has 1 aliphatic rings. The van der Waals surface area contributed by atoms with Crippen LogP contribution in [0.5, 0.6) is 0 Å². The maximum atomic E-state index is 13.2. The summed E-state index contributed by atoms with van der Waals surface area (Å²) in [5.74, 6) is -3.60. The first-order chi connectivity index (χ1) is 13.2. The summed E-state index contributed by atoms with van der Waals surface area (Å²) in [7, 11) is 0. The van der Waals surface area contributed by atoms with Crippen LogP contribution < -0.4 is 10.6 Å². The number of amides is 4. The summed E-state index contributed by atoms with van der Waals surface area (Å²) in [5, 5.41) is 13.7. The molecule has 0 unspecified atom stereocenters. The molecule has 0 saturated carbocycles. The molecule has 9 heteroatoms. The molecule has 2 aromatic rings. The Kier molecular flexibility index (Phi) is 4.79. The van der Waals surface area contributed by atoms with Gasteiger partial charge in [-0.2, -0.15) is 5.26 Å². The fraction of sp³-hybridized carbons (Fsp3) is 0.158. The van der Waals surface area contributed by atoms with E-state index in [9.17, 15) is 23.2 Å². The molecule has 1 heterocycles. The minimum atomic E-state index is -1.40. The Labute approximate surface area is 158 Å². The lowest BCUT2D eigenvalue weighted by atomic mass is 9.91. The van der Waals surface area contributed by atoms with Crippen molar-refractivity contribution in [3.05, 3.63) is 65.2 Å². The van der Waals surface area contributed by atoms with Crippen molar-refractivity contribution >= 4 is 23.5 Å². The molecule has 0 bridgehead atoms. The number of nitriles is 1. The molecule has 1 aliphatic heterocycles. The van der Waals surface area contributed by atoms with Gasteiger partial charge in [-0.25, -0.2) is 13.6 Å². The number of carbonyl (C=O) groups excluding carboxylic acids is 3. The molecule has 7 nitrogen and oxygen atoms in total. The highest BCUT2D eigenvalue weighted by Crippen LogP contribution is 2.29. The van der Waals surface area contributed by atoms with Crippen molar-refractivity contribution in [3.8, 4) is 6.07 Å². The van der Waals surface area contributed by atoms with Gasteiger partial charge in [-0.15, -0.1) is 0 Å². The van der Waals surface area contributed by atoms with Gasteiger partial charge in [-0.05, 0) is 36.8 Å². The SMILES string of the molecule is C[C@@]1(c2ccc(C#N)cc2)NC(=O)N(CC(=O)Nc2ccc(F)c(F)c2)C1=O. The van der Waals surface area contributed by atoms with Crippen LogP contribution in [0.2, 0.25) is 0 Å². The lowest BCUT2D eigenvalue weighted by molar-refractivity contribution is -0.133. The van der Waals surface area contributed by atoms with Crippen molar-refractivity contribution in [2.45, 2.75) is 12.5 Å². The van der Waals surface area contributed by atoms with Gasteiger partial charge >= 0.3 is 6.03 Å². The van der Waals surface area contributed by atoms with Crippen molar-refractivity contribution in [1.82, 2.24) is 10.2 Å². The molecule has 3 rings (SSSR count). The highest BCUT2D eigenvalue weighted by atomic mass is 19.2. The van der Waals surface area contributed by atoms with Crippen molar-refractivity contribution < 1.29 is 23.2 Å². The van der Waals surface area contributed by atoms with Crippen LogP contribution in [-0.2, 0) is 15.1 Å². The first kappa shape index (κ1) is 19.0. The Bertz CT molecular complexity index is 1020. The van der Waals surface area contributed by atoms with Gasteiger partial charge in [-0.1, -0.05) is 12.1 Å². The first-order valence-electron chi connectivity index (χ1n) is 8.14. The van der Waals surface area contributed by atoms with Crippen LogP contribution in [0.4, 0.5) is 19.3 Å². The minimum Gasteiger partial charge on any atom is -0.324 e. The van der Waals surface area contributed by atoms with E-state index in [0.717, 1.165) is 23.1 Å². The quantitative estimate of drug-likeness (QED) is 0.789. The minimum absolute atomic E-state index is 0.00851. The van der Waals surface area contributed by atoms with Gasteiger partial charge in [0.2, 0.25) is 5.91 Å². The van der Waals surface area contributed by atoms with E-state index in [1.54, 1.807) is 12.1 Å². The predicted octanol–water partition coefficient (Wildman–Crippen LogP) is 2.24. The van der Waals surface area contributed by atoms with E-state index in [1.165, 1.54) is 19.1 Å². The number of nitrogens with one attached hydrogen (secondary N) is 2. The van der Waals surface area contributed by atoms with Crippen molar-refractivity contribution in [2.75, 3.05) is 11.9 Å². The second-order valence-electron chi connectivity index (χ2n) is 6.31. The van der Waals surface area contributed by atoms with E-state index < -0.39 is 41.6 Å². The highest BCUT2D eigenvalue weighted by molar-refractivity contribution is 6.10. The monoisotopic (exact) mass is 384 g/mol. The lowest BCUT2D eigenvalue weighted by Gasteiger charge is -2.22. The maximum Gasteiger partial charge on any atom is 0.325 e. The summed E-state index contributed by atoms with van der Waals surface area (Å²) < 4.78 is 26.2. The van der Waals surface area contributed by atoms with E-state index in [1.807, 2.05) is 6.07 Å². The summed E-state index contributed by atoms with van der Waals surface area (Å²) >= 11 is 0. The van der Waals surface area contributed by atoms with Gasteiger partial charge in [0, 0.05) is 11.8 Å². The lowest BCUT2D eigenvalue weighted by Crippen LogP contribution is -2.42. The molecule has 142 valence electrons. The number of hydrogen-bond acceptors (Lipinski definition) is 4. The van der Waals surface area contributed by atoms with Crippen molar-refractivity contribution in [2.24, 2.45) is 0 Å². The number of rotatable bonds is 4. The summed E-state index contributed by atoms with van der Waals surface area (Å²) in [4.78, 5) is 37.9. The number of carbonyl (C=O) groups is 3. The van der Waals surface area contributed by atoms with Gasteiger partial charge in [0.25, 0.3) is 5.91 Å². The van der Waals surface area contributed by atoms with E-state index in [2.05, 4.69) is 10.6 Å². The Morgan fingerprint density at radius 3 is 2.46 bits per heavy atom. The third-order valence-electron chi connectivity index (χ3n) is 4.37. The number of benzene rings is 2. The number of urea groups is 1. The number of nitrogens with zero attached hydrogens (tertiary/aromatic N) is 2. The van der Waals surface area contributed by atoms with Crippen LogP contribution in [0, 0.1) is 23.0 Å². The first-order valence-corrected chi connectivity index (χ1v) is 8.14. The Morgan fingerprint density at radius 2 is 1.86 bits per heavy atom. The second kappa shape index (κ2) is 7.08. The molecule has 0 aromatic heterocycles. The van der Waals surface area contributed by atoms with E-state index >= 15 is 0 Å². The molecule has 0 aliphatic carbocycles. The Balaban J connectivity index is 1.74. The molecule has 1 saturated heterocycles. The Hall–Kier alpha value is -3.80. The molecule has 4 amide bonds. The highest BCUT2D eigenvalue weighted by Gasteiger charge is 2.49. The van der Waals surface area contributed by atoms with Crippen LogP contribution in [0.3, 0.4) is 0 Å². The molecule has 0 radical (unpaired) electrons. The van der Waals surface area contributed by atoms with Gasteiger partial charge in [0.15, 0.2) is 11.6 Å². The number of anilines is 1. The molecule has 0 spiro atoms. The zero-order valence-corrected chi connectivity index (χ0v) is 14.6. The number of halogens is 2. The molecular formula is C19H14F2N4O3. The summed E-state index contributed by atoms with van der Waals surface area (Å²) in [6.07, 6.45) is 0. The molecule has 28 heavy (non-hydrogen) atoms. The average Bonchev–Trinajstić information content (AvgIpc) is 2.89. The van der Waals surface area contributed by atoms with E-state index in [0.29, 0.717) is 11.1 Å². The zero-order chi connectivity index (χ0) is 20.5. The van der Waals surface area contributed by atoms with Crippen LogP contribution in [-0.4, -0.2) is 29.3 Å². The number of imide groups is 1. The fourth-order valence-corrected chi connectivity index (χ4v) is 2.83. The standard InChI is InChI=1S/C19H14F2N4O3/c1-19(12-4-2-11(9-22)3-5-12)17(27)25(18(28)24-19)10-16(26)23-13-6-7-14(20)15(21)8-13/h2-8H,10H2,1H3,(H,23,26)(H,24,28)/t19-/m0/s1. The van der Waals surface area contributed by atoms with Gasteiger partial charge < -0.3 is 10.6 Å². The van der Waals surface area contributed by atoms with Gasteiger partial charge in [0.05, 0.1) is 11.6 Å². The second-order valence-corrected chi connectivity index (χ2v) is 6.31. The fourth-order valence-electron chi connectivity index (χ4n) is 2.83. The van der Waals surface area contributed by atoms with Crippen LogP contribution in [0.15, 0.2) is 42.5 Å². The topological polar surface area (TPSA) is 102 Å². The van der Waals surface area contributed by atoms with E-state index in [-0.39, 0.29) is 5.69 Å². The predicted molar refractivity (Wildman–Crippen MR) is 93.7 cm³/mol. The summed E-state index contributed by atoms with van der Waals surface area (Å²) in [5.41, 5.74) is -0.557. The third kappa shape index (κ3) is 3.40. The summed E-state index contributed by atoms with van der Waals surface area (Å²) in [6, 6.07) is 10.1. The average molecular weight is 384 g/mol. The number of hydrogen-bond donors (Lipinski definition) is 2. The molecular weight excluding hydrogens is 370 g/mol. The van der Waals surface area contributed by atoms with Crippen LogP contribution >= 0.6 is 0 Å². The largest absolute Gasteiger partial charge is 0.325 e. The molecule has 2 aromatic carbocycles. The van der Waals surface area contributed by atoms with Crippen molar-refractivity contribution in [1.29, 1.82) is 5.26 Å². The third-order valence-corrected chi connectivity index (χ3v) is 4.37. The van der Waals surface area contributed by atoms with Crippen molar-refractivity contribution in [3.63, 3.8) is 0 Å². The normalized spacial score (nSPS) is 18.6. The Morgan fingerprint density at radius 1 is 1.18 bits per heavy atom. The molecule has 2 N–H and O–H groups in total. The molecule has 1 fully saturated rings. The van der Waals surface area contributed by atoms with Crippen LogP contribution in [0.25, 0.3) is 0 Å².